The molecule has 15 heavy (non-hydrogen) atoms. The average Bonchev–Trinajstić information content (AvgIpc) is 2.27. The van der Waals surface area contributed by atoms with Crippen molar-refractivity contribution in [3.63, 3.8) is 0 Å². The predicted molar refractivity (Wildman–Crippen MR) is 57.6 cm³/mol. The molecule has 1 aromatic rings. The van der Waals surface area contributed by atoms with E-state index in [0.29, 0.717) is 23.9 Å². The van der Waals surface area contributed by atoms with Crippen LogP contribution in [0, 0.1) is 10.9 Å². The third-order valence-corrected chi connectivity index (χ3v) is 1.93. The summed E-state index contributed by atoms with van der Waals surface area (Å²) in [6.07, 6.45) is 0.970. The van der Waals surface area contributed by atoms with Gasteiger partial charge in [-0.2, -0.15) is 5.53 Å². The van der Waals surface area contributed by atoms with E-state index < -0.39 is 0 Å². The molecule has 0 aliphatic rings. The summed E-state index contributed by atoms with van der Waals surface area (Å²) in [6.45, 7) is 0.731. The minimum absolute atomic E-state index is 0.361. The Hall–Kier alpha value is -1.62. The summed E-state index contributed by atoms with van der Waals surface area (Å²) >= 11 is 5.71. The van der Waals surface area contributed by atoms with E-state index in [4.69, 9.17) is 27.3 Å². The first-order valence-electron chi connectivity index (χ1n) is 4.29. The van der Waals surface area contributed by atoms with Crippen LogP contribution in [0.5, 0.6) is 5.75 Å². The smallest absolute Gasteiger partial charge is 0.119 e. The molecular weight excluding hydrogens is 216 g/mol. The van der Waals surface area contributed by atoms with Gasteiger partial charge in [-0.15, -0.1) is 0 Å². The summed E-state index contributed by atoms with van der Waals surface area (Å²) in [5, 5.41) is 11.8. The third kappa shape index (κ3) is 3.95. The van der Waals surface area contributed by atoms with Gasteiger partial charge in [0, 0.05) is 5.02 Å². The predicted octanol–water partition coefficient (Wildman–Crippen LogP) is 2.57. The van der Waals surface area contributed by atoms with Crippen LogP contribution in [0.3, 0.4) is 0 Å². The highest BCUT2D eigenvalue weighted by molar-refractivity contribution is 6.30. The lowest BCUT2D eigenvalue weighted by atomic mass is 10.3. The Kier molecular flexibility index (Phi) is 4.56. The zero-order chi connectivity index (χ0) is 11.1. The summed E-state index contributed by atoms with van der Waals surface area (Å²) in [4.78, 5) is 0. The Balaban J connectivity index is 2.34. The molecule has 0 amide bonds. The molecule has 1 aromatic carbocycles. The molecular formula is C9H11ClN4O. The highest BCUT2D eigenvalue weighted by Crippen LogP contribution is 2.15. The highest BCUT2D eigenvalue weighted by Gasteiger charge is 1.97. The van der Waals surface area contributed by atoms with Crippen LogP contribution < -0.4 is 4.74 Å². The quantitative estimate of drug-likeness (QED) is 0.339. The molecule has 0 spiro atoms. The van der Waals surface area contributed by atoms with Gasteiger partial charge in [0.2, 0.25) is 0 Å². The molecule has 1 rings (SSSR count). The van der Waals surface area contributed by atoms with Crippen LogP contribution >= 0.6 is 11.6 Å². The van der Waals surface area contributed by atoms with Gasteiger partial charge in [0.15, 0.2) is 0 Å². The Morgan fingerprint density at radius 3 is 2.60 bits per heavy atom. The van der Waals surface area contributed by atoms with Crippen LogP contribution in [0.1, 0.15) is 0 Å². The van der Waals surface area contributed by atoms with Crippen LogP contribution in [0.4, 0.5) is 0 Å². The van der Waals surface area contributed by atoms with E-state index in [2.05, 4.69) is 5.22 Å². The zero-order valence-corrected chi connectivity index (χ0v) is 8.74. The van der Waals surface area contributed by atoms with Gasteiger partial charge in [0.25, 0.3) is 0 Å². The molecule has 0 atom stereocenters. The van der Waals surface area contributed by atoms with Crippen molar-refractivity contribution in [2.45, 2.75) is 0 Å². The Morgan fingerprint density at radius 1 is 1.40 bits per heavy atom. The van der Waals surface area contributed by atoms with Gasteiger partial charge in [-0.25, -0.2) is 5.01 Å². The summed E-state index contributed by atoms with van der Waals surface area (Å²) in [6, 6.07) is 6.99. The number of halogens is 1. The summed E-state index contributed by atoms with van der Waals surface area (Å²) in [5.41, 5.74) is 6.70. The van der Waals surface area contributed by atoms with Gasteiger partial charge >= 0.3 is 0 Å². The number of hydrogen-bond acceptors (Lipinski definition) is 4. The molecule has 0 unspecified atom stereocenters. The van der Waals surface area contributed by atoms with Crippen molar-refractivity contribution < 1.29 is 4.74 Å². The van der Waals surface area contributed by atoms with E-state index in [9.17, 15) is 0 Å². The minimum atomic E-state index is 0.361. The van der Waals surface area contributed by atoms with E-state index in [1.54, 1.807) is 24.3 Å². The van der Waals surface area contributed by atoms with Crippen molar-refractivity contribution in [1.82, 2.24) is 5.01 Å². The van der Waals surface area contributed by atoms with Gasteiger partial charge in [0.05, 0.1) is 6.54 Å². The van der Waals surface area contributed by atoms with Gasteiger partial charge in [0.1, 0.15) is 18.7 Å². The number of hydrogen-bond donors (Lipinski definition) is 2. The molecule has 0 saturated carbocycles. The molecule has 0 bridgehead atoms. The van der Waals surface area contributed by atoms with E-state index in [0.717, 1.165) is 11.3 Å². The van der Waals surface area contributed by atoms with E-state index in [1.165, 1.54) is 0 Å². The second-order valence-corrected chi connectivity index (χ2v) is 3.13. The zero-order valence-electron chi connectivity index (χ0n) is 7.98. The van der Waals surface area contributed by atoms with Crippen molar-refractivity contribution >= 4 is 17.9 Å². The first-order chi connectivity index (χ1) is 7.26. The second-order valence-electron chi connectivity index (χ2n) is 2.69. The lowest BCUT2D eigenvalue weighted by molar-refractivity contribution is 0.266. The Bertz CT molecular complexity index is 319. The van der Waals surface area contributed by atoms with Gasteiger partial charge < -0.3 is 4.74 Å². The molecule has 0 aliphatic heterocycles. The number of ether oxygens (including phenoxy) is 1. The molecule has 0 heterocycles. The van der Waals surface area contributed by atoms with Crippen LogP contribution in [0.25, 0.3) is 0 Å². The number of benzene rings is 1. The van der Waals surface area contributed by atoms with E-state index in [-0.39, 0.29) is 0 Å². The maximum absolute atomic E-state index is 6.89. The fourth-order valence-electron chi connectivity index (χ4n) is 0.931. The molecule has 80 valence electrons. The van der Waals surface area contributed by atoms with Crippen molar-refractivity contribution in [3.05, 3.63) is 29.3 Å². The molecule has 0 saturated heterocycles. The SMILES string of the molecule is N=CN(CCOc1ccc(Cl)cc1)N=N. The first-order valence-corrected chi connectivity index (χ1v) is 4.67. The fraction of sp³-hybridized carbons (Fsp3) is 0.222. The summed E-state index contributed by atoms with van der Waals surface area (Å²) < 4.78 is 5.35. The third-order valence-electron chi connectivity index (χ3n) is 1.68. The molecule has 0 aliphatic carbocycles. The van der Waals surface area contributed by atoms with Crippen molar-refractivity contribution in [1.29, 1.82) is 10.9 Å². The maximum atomic E-state index is 6.89. The standard InChI is InChI=1S/C9H11ClN4O/c10-8-1-3-9(4-2-8)15-6-5-14(7-11)13-12/h1-4,7,11-12H,5-6H2. The largest absolute Gasteiger partial charge is 0.492 e. The molecule has 0 fully saturated rings. The normalized spacial score (nSPS) is 9.40. The van der Waals surface area contributed by atoms with Gasteiger partial charge in [-0.3, -0.25) is 5.41 Å². The maximum Gasteiger partial charge on any atom is 0.119 e. The van der Waals surface area contributed by atoms with Gasteiger partial charge in [-0.1, -0.05) is 16.8 Å². The summed E-state index contributed by atoms with van der Waals surface area (Å²) in [5.74, 6) is 0.703. The second kappa shape index (κ2) is 5.98. The Morgan fingerprint density at radius 2 is 2.07 bits per heavy atom. The first kappa shape index (κ1) is 11.5. The molecule has 0 aromatic heterocycles. The molecule has 6 heteroatoms. The van der Waals surface area contributed by atoms with E-state index >= 15 is 0 Å². The van der Waals surface area contributed by atoms with Gasteiger partial charge in [-0.05, 0) is 24.3 Å². The molecule has 2 N–H and O–H groups in total. The van der Waals surface area contributed by atoms with Crippen LogP contribution in [0.2, 0.25) is 5.02 Å². The number of nitrogens with zero attached hydrogens (tertiary/aromatic N) is 2. The average molecular weight is 227 g/mol. The number of nitrogens with one attached hydrogen (secondary N) is 2. The molecule has 5 nitrogen and oxygen atoms in total. The molecule has 0 radical (unpaired) electrons. The number of rotatable bonds is 6. The topological polar surface area (TPSA) is 72.5 Å². The Labute approximate surface area is 92.6 Å². The van der Waals surface area contributed by atoms with Crippen LogP contribution in [-0.4, -0.2) is 24.5 Å². The fourth-order valence-corrected chi connectivity index (χ4v) is 1.06. The van der Waals surface area contributed by atoms with Crippen LogP contribution in [-0.2, 0) is 0 Å². The van der Waals surface area contributed by atoms with Crippen molar-refractivity contribution in [2.75, 3.05) is 13.2 Å². The lowest BCUT2D eigenvalue weighted by Gasteiger charge is -2.11. The van der Waals surface area contributed by atoms with E-state index in [1.807, 2.05) is 0 Å². The monoisotopic (exact) mass is 226 g/mol. The summed E-state index contributed by atoms with van der Waals surface area (Å²) in [7, 11) is 0. The van der Waals surface area contributed by atoms with Crippen LogP contribution in [0.15, 0.2) is 29.5 Å². The van der Waals surface area contributed by atoms with Crippen molar-refractivity contribution in [3.8, 4) is 5.75 Å². The lowest BCUT2D eigenvalue weighted by Crippen LogP contribution is -2.20. The highest BCUT2D eigenvalue weighted by atomic mass is 35.5. The van der Waals surface area contributed by atoms with Crippen molar-refractivity contribution in [2.24, 2.45) is 5.22 Å². The minimum Gasteiger partial charge on any atom is -0.492 e.